The summed E-state index contributed by atoms with van der Waals surface area (Å²) in [5.41, 5.74) is 23.3. The van der Waals surface area contributed by atoms with Crippen molar-refractivity contribution in [3.63, 3.8) is 0 Å². The maximum Gasteiger partial charge on any atom is 0.490 e. The van der Waals surface area contributed by atoms with E-state index >= 15 is 0 Å². The van der Waals surface area contributed by atoms with E-state index in [4.69, 9.17) is 22.9 Å². The Kier molecular flexibility index (Phi) is 14.6. The van der Waals surface area contributed by atoms with E-state index in [1.165, 1.54) is 11.3 Å². The highest BCUT2D eigenvalue weighted by molar-refractivity contribution is 7.08. The van der Waals surface area contributed by atoms with Gasteiger partial charge in [-0.25, -0.2) is 9.79 Å². The van der Waals surface area contributed by atoms with Crippen molar-refractivity contribution in [2.24, 2.45) is 27.2 Å². The molecule has 0 aliphatic rings. The van der Waals surface area contributed by atoms with Gasteiger partial charge >= 0.3 is 18.3 Å². The van der Waals surface area contributed by atoms with Crippen LogP contribution in [0, 0.1) is 0 Å². The number of aromatic nitrogens is 3. The number of nitrogen functional groups attached to an aromatic ring is 1. The van der Waals surface area contributed by atoms with E-state index in [1.54, 1.807) is 11.3 Å². The predicted octanol–water partition coefficient (Wildman–Crippen LogP) is 4.61. The van der Waals surface area contributed by atoms with Crippen molar-refractivity contribution in [2.75, 3.05) is 18.2 Å². The Morgan fingerprint density at radius 1 is 0.977 bits per heavy atom. The molecule has 0 saturated heterocycles. The lowest BCUT2D eigenvalue weighted by atomic mass is 10.1. The molecule has 3 rings (SSSR count). The third-order valence-electron chi connectivity index (χ3n) is 4.83. The van der Waals surface area contributed by atoms with E-state index in [1.807, 2.05) is 47.5 Å². The number of alkyl halides is 6. The number of nitrogens with zero attached hydrogens (tertiary/aromatic N) is 5. The molecule has 0 bridgehead atoms. The maximum absolute atomic E-state index is 12.6. The number of carbonyl (C=O) groups is 1. The summed E-state index contributed by atoms with van der Waals surface area (Å²) in [6.07, 6.45) is -7.98. The van der Waals surface area contributed by atoms with Crippen molar-refractivity contribution in [1.29, 1.82) is 0 Å². The van der Waals surface area contributed by atoms with E-state index < -0.39 is 30.1 Å². The fourth-order valence-electron chi connectivity index (χ4n) is 2.94. The molecule has 2 unspecified atom stereocenters. The van der Waals surface area contributed by atoms with E-state index in [0.29, 0.717) is 13.5 Å². The molecule has 12 nitrogen and oxygen atoms in total. The summed E-state index contributed by atoms with van der Waals surface area (Å²) in [5, 5.41) is 10.7. The SMILES string of the molecule is CCC(N=C(N)N=C(N)N)c1ccsc1.CCC(Nc1nc(N)nc(C(F)(F)F)n1)c1ccsc1.COC(=O)C(F)(F)F. The molecule has 0 saturated carbocycles. The van der Waals surface area contributed by atoms with Crippen molar-refractivity contribution >= 4 is 52.5 Å². The first kappa shape index (κ1) is 36.8. The number of thiophene rings is 2. The van der Waals surface area contributed by atoms with E-state index in [9.17, 15) is 31.1 Å². The second kappa shape index (κ2) is 17.0. The number of aliphatic imine (C=N–C) groups is 2. The van der Waals surface area contributed by atoms with Crippen LogP contribution in [0.2, 0.25) is 0 Å². The quantitative estimate of drug-likeness (QED) is 0.103. The lowest BCUT2D eigenvalue weighted by molar-refractivity contribution is -0.196. The number of methoxy groups -OCH3 is 1. The molecule has 0 spiro atoms. The van der Waals surface area contributed by atoms with Crippen LogP contribution in [0.3, 0.4) is 0 Å². The summed E-state index contributed by atoms with van der Waals surface area (Å²) in [6.45, 7) is 3.94. The number of nitrogens with one attached hydrogen (secondary N) is 1. The molecule has 0 aliphatic carbocycles. The van der Waals surface area contributed by atoms with Crippen LogP contribution in [0.25, 0.3) is 0 Å². The Bertz CT molecular complexity index is 1310. The van der Waals surface area contributed by atoms with Gasteiger partial charge in [0, 0.05) is 0 Å². The van der Waals surface area contributed by atoms with Crippen LogP contribution >= 0.6 is 22.7 Å². The van der Waals surface area contributed by atoms with E-state index in [2.05, 4.69) is 35.0 Å². The number of guanidine groups is 2. The molecule has 0 radical (unpaired) electrons. The number of esters is 1. The molecule has 43 heavy (non-hydrogen) atoms. The first-order chi connectivity index (χ1) is 20.0. The van der Waals surface area contributed by atoms with Crippen LogP contribution < -0.4 is 28.3 Å². The maximum atomic E-state index is 12.6. The molecule has 238 valence electrons. The van der Waals surface area contributed by atoms with Gasteiger partial charge in [-0.1, -0.05) is 13.8 Å². The molecule has 0 aromatic carbocycles. The first-order valence-corrected chi connectivity index (χ1v) is 13.9. The van der Waals surface area contributed by atoms with Gasteiger partial charge in [0.25, 0.3) is 0 Å². The van der Waals surface area contributed by atoms with Crippen LogP contribution in [-0.4, -0.2) is 46.1 Å². The normalized spacial score (nSPS) is 12.9. The Labute approximate surface area is 250 Å². The fraction of sp³-hybridized carbons (Fsp3) is 0.391. The summed E-state index contributed by atoms with van der Waals surface area (Å²) in [6, 6.07) is 3.76. The molecule has 0 fully saturated rings. The smallest absolute Gasteiger partial charge is 0.462 e. The lowest BCUT2D eigenvalue weighted by Crippen LogP contribution is -2.26. The Balaban J connectivity index is 0.000000354. The first-order valence-electron chi connectivity index (χ1n) is 12.0. The summed E-state index contributed by atoms with van der Waals surface area (Å²) in [7, 11) is 0.676. The Hall–Kier alpha value is -4.20. The van der Waals surface area contributed by atoms with Gasteiger partial charge in [0.1, 0.15) is 0 Å². The van der Waals surface area contributed by atoms with Gasteiger partial charge < -0.3 is 33.0 Å². The van der Waals surface area contributed by atoms with Gasteiger partial charge in [0.05, 0.1) is 19.2 Å². The van der Waals surface area contributed by atoms with Crippen molar-refractivity contribution in [2.45, 2.75) is 51.1 Å². The van der Waals surface area contributed by atoms with Crippen LogP contribution in [-0.2, 0) is 15.7 Å². The van der Waals surface area contributed by atoms with Gasteiger partial charge in [0.15, 0.2) is 5.96 Å². The molecule has 0 amide bonds. The van der Waals surface area contributed by atoms with Crippen LogP contribution in [0.1, 0.15) is 55.7 Å². The zero-order valence-electron chi connectivity index (χ0n) is 23.0. The number of hydrogen-bond donors (Lipinski definition) is 5. The highest BCUT2D eigenvalue weighted by Gasteiger charge is 2.40. The highest BCUT2D eigenvalue weighted by atomic mass is 32.1. The van der Waals surface area contributed by atoms with Gasteiger partial charge in [-0.15, -0.1) is 0 Å². The number of anilines is 2. The van der Waals surface area contributed by atoms with E-state index in [0.717, 1.165) is 17.5 Å². The monoisotopic (exact) mass is 656 g/mol. The number of rotatable bonds is 7. The molecule has 3 heterocycles. The average molecular weight is 657 g/mol. The van der Waals surface area contributed by atoms with Gasteiger partial charge in [-0.05, 0) is 57.6 Å². The Morgan fingerprint density at radius 3 is 1.95 bits per heavy atom. The number of halogens is 6. The molecule has 9 N–H and O–H groups in total. The van der Waals surface area contributed by atoms with Crippen molar-refractivity contribution < 1.29 is 35.9 Å². The molecule has 0 aliphatic heterocycles. The molecule has 20 heteroatoms. The predicted molar refractivity (Wildman–Crippen MR) is 153 cm³/mol. The minimum atomic E-state index is -4.85. The summed E-state index contributed by atoms with van der Waals surface area (Å²) < 4.78 is 74.1. The zero-order chi connectivity index (χ0) is 32.8. The van der Waals surface area contributed by atoms with Gasteiger partial charge in [-0.3, -0.25) is 0 Å². The largest absolute Gasteiger partial charge is 0.490 e. The summed E-state index contributed by atoms with van der Waals surface area (Å²) in [5.74, 6) is -4.06. The molecule has 3 aromatic rings. The number of ether oxygens (including phenoxy) is 1. The standard InChI is InChI=1S/C11H12F3N5S.C9H15N5S.C3H3F3O2/c1-2-7(6-3-4-20-5-6)16-10-18-8(11(12,13)14)17-9(15)19-10;1-2-7(6-3-4-15-5-6)13-9(12)14-8(10)11;1-8-2(7)3(4,5)6/h3-5,7H,2H2,1H3,(H3,15,16,17,18,19);3-5,7H,2H2,1H3,(H6,10,11,12,13,14);1H3. The van der Waals surface area contributed by atoms with Gasteiger partial charge in [-0.2, -0.15) is 69.0 Å². The third-order valence-corrected chi connectivity index (χ3v) is 6.23. The molecular weight excluding hydrogens is 626 g/mol. The zero-order valence-corrected chi connectivity index (χ0v) is 24.6. The molecule has 2 atom stereocenters. The molecule has 3 aromatic heterocycles. The second-order valence-electron chi connectivity index (χ2n) is 7.99. The highest BCUT2D eigenvalue weighted by Crippen LogP contribution is 2.28. The minimum absolute atomic E-state index is 0.0272. The van der Waals surface area contributed by atoms with Crippen molar-refractivity contribution in [3.8, 4) is 0 Å². The topological polar surface area (TPSA) is 206 Å². The lowest BCUT2D eigenvalue weighted by Gasteiger charge is -2.16. The van der Waals surface area contributed by atoms with Crippen LogP contribution in [0.15, 0.2) is 43.6 Å². The fourth-order valence-corrected chi connectivity index (χ4v) is 4.36. The van der Waals surface area contributed by atoms with Crippen LogP contribution in [0.5, 0.6) is 0 Å². The third kappa shape index (κ3) is 13.5. The van der Waals surface area contributed by atoms with Gasteiger partial charge in [0.2, 0.25) is 23.7 Å². The number of carbonyl (C=O) groups excluding carboxylic acids is 1. The summed E-state index contributed by atoms with van der Waals surface area (Å²) in [4.78, 5) is 27.5. The Morgan fingerprint density at radius 2 is 1.56 bits per heavy atom. The minimum Gasteiger partial charge on any atom is -0.462 e. The van der Waals surface area contributed by atoms with E-state index in [-0.39, 0.29) is 30.0 Å². The van der Waals surface area contributed by atoms with Crippen LogP contribution in [0.4, 0.5) is 38.2 Å². The van der Waals surface area contributed by atoms with Crippen molar-refractivity contribution in [1.82, 2.24) is 15.0 Å². The summed E-state index contributed by atoms with van der Waals surface area (Å²) >= 11 is 3.14. The number of hydrogen-bond acceptors (Lipinski definition) is 10. The molecular formula is C23H30F6N10O2S2. The van der Waals surface area contributed by atoms with Crippen molar-refractivity contribution in [3.05, 3.63) is 50.6 Å². The average Bonchev–Trinajstić information content (AvgIpc) is 3.64. The number of nitrogens with two attached hydrogens (primary N) is 4. The second-order valence-corrected chi connectivity index (χ2v) is 9.55.